The van der Waals surface area contributed by atoms with Crippen LogP contribution in [0.4, 0.5) is 0 Å². The number of hydrogen-bond acceptors (Lipinski definition) is 3. The summed E-state index contributed by atoms with van der Waals surface area (Å²) in [6.45, 7) is 7.52. The summed E-state index contributed by atoms with van der Waals surface area (Å²) in [6.07, 6.45) is 3.68. The molecule has 30 heavy (non-hydrogen) atoms. The monoisotopic (exact) mass is 467 g/mol. The second kappa shape index (κ2) is 8.10. The highest BCUT2D eigenvalue weighted by Crippen LogP contribution is 2.33. The van der Waals surface area contributed by atoms with Gasteiger partial charge >= 0.3 is 0 Å². The predicted octanol–water partition coefficient (Wildman–Crippen LogP) is 5.09. The van der Waals surface area contributed by atoms with Crippen molar-refractivity contribution in [3.8, 4) is 0 Å². The molecule has 0 unspecified atom stereocenters. The van der Waals surface area contributed by atoms with Gasteiger partial charge in [0.15, 0.2) is 0 Å². The minimum Gasteiger partial charge on any atom is -0.378 e. The fourth-order valence-electron chi connectivity index (χ4n) is 5.58. The number of imidazole rings is 1. The number of aromatic nitrogens is 2. The van der Waals surface area contributed by atoms with Crippen LogP contribution < -0.4 is 0 Å². The summed E-state index contributed by atoms with van der Waals surface area (Å²) >= 11 is 3.62. The highest BCUT2D eigenvalue weighted by atomic mass is 79.9. The quantitative estimate of drug-likeness (QED) is 0.534. The topological polar surface area (TPSA) is 30.3 Å². The smallest absolute Gasteiger partial charge is 0.107 e. The fourth-order valence-corrected chi connectivity index (χ4v) is 5.99. The van der Waals surface area contributed by atoms with Crippen LogP contribution >= 0.6 is 15.9 Å². The Hall–Kier alpha value is -1.69. The molecule has 1 aliphatic heterocycles. The molecule has 5 rings (SSSR count). The number of likely N-dealkylation sites (tertiary alicyclic amines) is 1. The van der Waals surface area contributed by atoms with E-state index in [1.54, 1.807) is 0 Å². The Balaban J connectivity index is 1.30. The second-order valence-electron chi connectivity index (χ2n) is 9.10. The van der Waals surface area contributed by atoms with Gasteiger partial charge in [-0.2, -0.15) is 0 Å². The Morgan fingerprint density at radius 1 is 1.10 bits per heavy atom. The molecule has 1 aromatic heterocycles. The molecule has 3 aromatic rings. The molecule has 1 fully saturated rings. The van der Waals surface area contributed by atoms with E-state index in [4.69, 9.17) is 9.72 Å². The van der Waals surface area contributed by atoms with Crippen LogP contribution in [0.1, 0.15) is 35.0 Å². The minimum absolute atomic E-state index is 0.189. The predicted molar refractivity (Wildman–Crippen MR) is 125 cm³/mol. The molecule has 5 heteroatoms. The fraction of sp³-hybridized carbons (Fsp3) is 0.480. The van der Waals surface area contributed by atoms with E-state index in [0.29, 0.717) is 12.0 Å². The van der Waals surface area contributed by atoms with E-state index in [1.807, 2.05) is 7.11 Å². The lowest BCUT2D eigenvalue weighted by Crippen LogP contribution is -2.47. The summed E-state index contributed by atoms with van der Waals surface area (Å²) in [6, 6.07) is 13.7. The zero-order chi connectivity index (χ0) is 20.8. The maximum Gasteiger partial charge on any atom is 0.107 e. The van der Waals surface area contributed by atoms with Gasteiger partial charge in [-0.25, -0.2) is 4.98 Å². The van der Waals surface area contributed by atoms with Gasteiger partial charge in [0.2, 0.25) is 0 Å². The third kappa shape index (κ3) is 3.72. The molecule has 0 amide bonds. The SMILES string of the molecule is CO[C@H]1CN(C[C@H]2Cc3ccc(Br)cc3C2)CC[C@H]1n1c(C)nc2cc(C)ccc21. The number of piperidine rings is 1. The molecule has 3 atom stereocenters. The van der Waals surface area contributed by atoms with Crippen molar-refractivity contribution in [1.29, 1.82) is 0 Å². The van der Waals surface area contributed by atoms with Crippen molar-refractivity contribution in [3.63, 3.8) is 0 Å². The van der Waals surface area contributed by atoms with Gasteiger partial charge in [-0.05, 0) is 80.0 Å². The van der Waals surface area contributed by atoms with Crippen LogP contribution in [0.2, 0.25) is 0 Å². The van der Waals surface area contributed by atoms with Gasteiger partial charge in [0, 0.05) is 31.2 Å². The Morgan fingerprint density at radius 3 is 2.77 bits per heavy atom. The van der Waals surface area contributed by atoms with Crippen LogP contribution in [0.25, 0.3) is 11.0 Å². The number of benzene rings is 2. The van der Waals surface area contributed by atoms with Gasteiger partial charge in [0.1, 0.15) is 5.82 Å². The third-order valence-corrected chi connectivity index (χ3v) is 7.46. The van der Waals surface area contributed by atoms with Crippen LogP contribution in [0.5, 0.6) is 0 Å². The first-order valence-electron chi connectivity index (χ1n) is 11.0. The summed E-state index contributed by atoms with van der Waals surface area (Å²) in [5.41, 5.74) is 6.63. The molecule has 4 nitrogen and oxygen atoms in total. The second-order valence-corrected chi connectivity index (χ2v) is 10.0. The van der Waals surface area contributed by atoms with Crippen LogP contribution in [-0.2, 0) is 17.6 Å². The molecular weight excluding hydrogens is 438 g/mol. The van der Waals surface area contributed by atoms with E-state index in [-0.39, 0.29) is 6.10 Å². The molecule has 0 bridgehead atoms. The lowest BCUT2D eigenvalue weighted by Gasteiger charge is -2.40. The lowest BCUT2D eigenvalue weighted by molar-refractivity contribution is -0.00928. The molecular formula is C25H30BrN3O. The maximum absolute atomic E-state index is 6.03. The summed E-state index contributed by atoms with van der Waals surface area (Å²) < 4.78 is 9.65. The van der Waals surface area contributed by atoms with Gasteiger partial charge in [-0.15, -0.1) is 0 Å². The first-order valence-corrected chi connectivity index (χ1v) is 11.8. The Labute approximate surface area is 187 Å². The molecule has 2 aliphatic rings. The normalized spacial score (nSPS) is 24.5. The molecule has 2 aromatic carbocycles. The molecule has 158 valence electrons. The molecule has 1 aliphatic carbocycles. The largest absolute Gasteiger partial charge is 0.378 e. The average molecular weight is 468 g/mol. The van der Waals surface area contributed by atoms with Gasteiger partial charge in [-0.3, -0.25) is 0 Å². The number of halogens is 1. The van der Waals surface area contributed by atoms with Crippen molar-refractivity contribution in [2.75, 3.05) is 26.7 Å². The first kappa shape index (κ1) is 20.2. The summed E-state index contributed by atoms with van der Waals surface area (Å²) in [5.74, 6) is 1.80. The van der Waals surface area contributed by atoms with E-state index in [2.05, 4.69) is 75.6 Å². The number of aryl methyl sites for hydroxylation is 2. The van der Waals surface area contributed by atoms with Crippen molar-refractivity contribution >= 4 is 27.0 Å². The van der Waals surface area contributed by atoms with E-state index >= 15 is 0 Å². The zero-order valence-electron chi connectivity index (χ0n) is 18.1. The zero-order valence-corrected chi connectivity index (χ0v) is 19.7. The van der Waals surface area contributed by atoms with Crippen molar-refractivity contribution in [2.24, 2.45) is 5.92 Å². The highest BCUT2D eigenvalue weighted by molar-refractivity contribution is 9.10. The van der Waals surface area contributed by atoms with E-state index in [9.17, 15) is 0 Å². The Morgan fingerprint density at radius 2 is 1.93 bits per heavy atom. The Kier molecular flexibility index (Phi) is 5.46. The molecule has 2 heterocycles. The number of rotatable bonds is 4. The van der Waals surface area contributed by atoms with Crippen LogP contribution in [0.3, 0.4) is 0 Å². The Bertz CT molecular complexity index is 1080. The molecule has 0 saturated carbocycles. The number of hydrogen-bond donors (Lipinski definition) is 0. The van der Waals surface area contributed by atoms with Gasteiger partial charge in [0.25, 0.3) is 0 Å². The third-order valence-electron chi connectivity index (χ3n) is 6.97. The molecule has 1 saturated heterocycles. The minimum atomic E-state index is 0.189. The van der Waals surface area contributed by atoms with Crippen LogP contribution in [0, 0.1) is 19.8 Å². The standard InChI is InChI=1S/C25H30BrN3O/c1-16-4-7-23-22(10-16)27-17(2)29(23)24-8-9-28(15-25(24)30-3)14-18-11-19-5-6-21(26)13-20(19)12-18/h4-7,10,13,18,24-25H,8-9,11-12,14-15H2,1-3H3/t18-,24+,25-/m0/s1. The van der Waals surface area contributed by atoms with E-state index in [0.717, 1.165) is 37.4 Å². The number of nitrogens with zero attached hydrogens (tertiary/aromatic N) is 3. The van der Waals surface area contributed by atoms with Crippen molar-refractivity contribution in [3.05, 3.63) is 63.4 Å². The molecule has 0 radical (unpaired) electrons. The van der Waals surface area contributed by atoms with E-state index in [1.165, 1.54) is 39.5 Å². The lowest BCUT2D eigenvalue weighted by atomic mass is 9.98. The van der Waals surface area contributed by atoms with Gasteiger partial charge < -0.3 is 14.2 Å². The van der Waals surface area contributed by atoms with E-state index < -0.39 is 0 Å². The summed E-state index contributed by atoms with van der Waals surface area (Å²) in [5, 5.41) is 0. The maximum atomic E-state index is 6.03. The van der Waals surface area contributed by atoms with Crippen molar-refractivity contribution < 1.29 is 4.74 Å². The highest BCUT2D eigenvalue weighted by Gasteiger charge is 2.34. The van der Waals surface area contributed by atoms with Gasteiger partial charge in [-0.1, -0.05) is 28.1 Å². The van der Waals surface area contributed by atoms with Crippen molar-refractivity contribution in [2.45, 2.75) is 45.3 Å². The summed E-state index contributed by atoms with van der Waals surface area (Å²) in [4.78, 5) is 7.46. The summed E-state index contributed by atoms with van der Waals surface area (Å²) in [7, 11) is 1.86. The van der Waals surface area contributed by atoms with Gasteiger partial charge in [0.05, 0.1) is 23.2 Å². The van der Waals surface area contributed by atoms with Crippen molar-refractivity contribution in [1.82, 2.24) is 14.5 Å². The molecule has 0 N–H and O–H groups in total. The number of fused-ring (bicyclic) bond motifs is 2. The average Bonchev–Trinajstić information content (AvgIpc) is 3.26. The van der Waals surface area contributed by atoms with Crippen LogP contribution in [-0.4, -0.2) is 47.3 Å². The first-order chi connectivity index (χ1) is 14.5. The molecule has 0 spiro atoms. The number of ether oxygens (including phenoxy) is 1. The van der Waals surface area contributed by atoms with Crippen LogP contribution in [0.15, 0.2) is 40.9 Å². The number of methoxy groups -OCH3 is 1.